The summed E-state index contributed by atoms with van der Waals surface area (Å²) in [5, 5.41) is 8.31. The van der Waals surface area contributed by atoms with Gasteiger partial charge in [0.15, 0.2) is 0 Å². The Kier molecular flexibility index (Phi) is 3.82. The third-order valence-corrected chi connectivity index (χ3v) is 3.39. The molecule has 0 saturated carbocycles. The molecule has 3 N–H and O–H groups in total. The summed E-state index contributed by atoms with van der Waals surface area (Å²) in [6.07, 6.45) is 5.72. The summed E-state index contributed by atoms with van der Waals surface area (Å²) >= 11 is 1.39. The number of hydrazine groups is 1. The highest BCUT2D eigenvalue weighted by Gasteiger charge is 2.20. The van der Waals surface area contributed by atoms with E-state index >= 15 is 0 Å². The maximum Gasteiger partial charge on any atom is 0.0868 e. The highest BCUT2D eigenvalue weighted by molar-refractivity contribution is 7.05. The van der Waals surface area contributed by atoms with Crippen molar-refractivity contribution in [3.05, 3.63) is 28.5 Å². The minimum Gasteiger partial charge on any atom is -0.275 e. The number of hydrogen-bond acceptors (Lipinski definition) is 6. The second-order valence-electron chi connectivity index (χ2n) is 3.88. The zero-order chi connectivity index (χ0) is 12.3. The summed E-state index contributed by atoms with van der Waals surface area (Å²) < 4.78 is 5.77. The molecule has 2 heterocycles. The number of nitrogens with one attached hydrogen (secondary N) is 1. The molecule has 0 spiro atoms. The van der Waals surface area contributed by atoms with Crippen LogP contribution in [0.2, 0.25) is 0 Å². The predicted molar refractivity (Wildman–Crippen MR) is 66.3 cm³/mol. The summed E-state index contributed by atoms with van der Waals surface area (Å²) in [4.78, 5) is 1.07. The number of nitrogens with zero attached hydrogens (tertiary/aromatic N) is 4. The van der Waals surface area contributed by atoms with Crippen molar-refractivity contribution in [1.82, 2.24) is 24.8 Å². The summed E-state index contributed by atoms with van der Waals surface area (Å²) in [5.41, 5.74) is 4.85. The van der Waals surface area contributed by atoms with E-state index in [9.17, 15) is 0 Å². The fourth-order valence-corrected chi connectivity index (χ4v) is 2.54. The molecule has 1 atom stereocenters. The van der Waals surface area contributed by atoms with Crippen LogP contribution in [0.5, 0.6) is 0 Å². The van der Waals surface area contributed by atoms with Gasteiger partial charge in [0.1, 0.15) is 0 Å². The van der Waals surface area contributed by atoms with E-state index in [1.165, 1.54) is 11.5 Å². The number of rotatable bonds is 5. The van der Waals surface area contributed by atoms with Gasteiger partial charge < -0.3 is 0 Å². The largest absolute Gasteiger partial charge is 0.275 e. The molecule has 0 radical (unpaired) electrons. The fraction of sp³-hybridized carbons (Fsp3) is 0.500. The number of aromatic nitrogens is 4. The Hall–Kier alpha value is -1.31. The van der Waals surface area contributed by atoms with Crippen LogP contribution in [0.4, 0.5) is 0 Å². The average Bonchev–Trinajstić information content (AvgIpc) is 2.91. The van der Waals surface area contributed by atoms with Gasteiger partial charge in [-0.3, -0.25) is 10.5 Å². The van der Waals surface area contributed by atoms with Crippen molar-refractivity contribution in [2.24, 2.45) is 12.9 Å². The van der Waals surface area contributed by atoms with Gasteiger partial charge in [-0.25, -0.2) is 5.43 Å². The monoisotopic (exact) mass is 252 g/mol. The van der Waals surface area contributed by atoms with Gasteiger partial charge in [-0.1, -0.05) is 17.8 Å². The molecule has 0 bridgehead atoms. The van der Waals surface area contributed by atoms with Gasteiger partial charge in [-0.2, -0.15) is 5.10 Å². The third-order valence-electron chi connectivity index (χ3n) is 2.56. The van der Waals surface area contributed by atoms with Crippen LogP contribution in [0.3, 0.4) is 0 Å². The van der Waals surface area contributed by atoms with E-state index in [1.807, 2.05) is 13.2 Å². The minimum atomic E-state index is -0.0785. The van der Waals surface area contributed by atoms with Gasteiger partial charge in [-0.05, 0) is 18.0 Å². The Morgan fingerprint density at radius 3 is 3.00 bits per heavy atom. The lowest BCUT2D eigenvalue weighted by Gasteiger charge is -2.12. The third kappa shape index (κ3) is 2.51. The number of nitrogens with two attached hydrogens (primary N) is 1. The summed E-state index contributed by atoms with van der Waals surface area (Å²) in [5.74, 6) is 5.63. The average molecular weight is 252 g/mol. The Morgan fingerprint density at radius 1 is 1.59 bits per heavy atom. The molecule has 6 nitrogen and oxygen atoms in total. The van der Waals surface area contributed by atoms with Crippen molar-refractivity contribution < 1.29 is 0 Å². The van der Waals surface area contributed by atoms with Gasteiger partial charge in [0.05, 0.1) is 22.8 Å². The van der Waals surface area contributed by atoms with Crippen LogP contribution < -0.4 is 11.3 Å². The highest BCUT2D eigenvalue weighted by Crippen LogP contribution is 2.26. The van der Waals surface area contributed by atoms with E-state index in [2.05, 4.69) is 27.0 Å². The zero-order valence-corrected chi connectivity index (χ0v) is 10.7. The Morgan fingerprint density at radius 2 is 2.41 bits per heavy atom. The van der Waals surface area contributed by atoms with Crippen molar-refractivity contribution in [3.63, 3.8) is 0 Å². The first-order chi connectivity index (χ1) is 8.26. The van der Waals surface area contributed by atoms with Crippen LogP contribution in [0.25, 0.3) is 0 Å². The Labute approximate surface area is 104 Å². The number of aryl methyl sites for hydroxylation is 2. The molecule has 17 heavy (non-hydrogen) atoms. The zero-order valence-electron chi connectivity index (χ0n) is 9.92. The van der Waals surface area contributed by atoms with Crippen LogP contribution in [0, 0.1) is 0 Å². The van der Waals surface area contributed by atoms with E-state index < -0.39 is 0 Å². The molecule has 7 heteroatoms. The van der Waals surface area contributed by atoms with Gasteiger partial charge in [-0.15, -0.1) is 5.10 Å². The molecule has 2 aromatic rings. The van der Waals surface area contributed by atoms with Gasteiger partial charge >= 0.3 is 0 Å². The van der Waals surface area contributed by atoms with Crippen LogP contribution in [0.1, 0.15) is 35.5 Å². The van der Waals surface area contributed by atoms with Crippen LogP contribution >= 0.6 is 11.5 Å². The normalized spacial score (nSPS) is 12.9. The molecule has 92 valence electrons. The van der Waals surface area contributed by atoms with Gasteiger partial charge in [0.2, 0.25) is 0 Å². The van der Waals surface area contributed by atoms with Gasteiger partial charge in [0, 0.05) is 18.8 Å². The second-order valence-corrected chi connectivity index (χ2v) is 4.67. The molecular weight excluding hydrogens is 236 g/mol. The SMILES string of the molecule is CCCc1nnsc1C(NN)c1cnn(C)c1. The van der Waals surface area contributed by atoms with Crippen molar-refractivity contribution >= 4 is 11.5 Å². The molecule has 0 fully saturated rings. The first kappa shape index (κ1) is 12.2. The highest BCUT2D eigenvalue weighted by atomic mass is 32.1. The van der Waals surface area contributed by atoms with E-state index in [1.54, 1.807) is 10.9 Å². The number of hydrogen-bond donors (Lipinski definition) is 2. The molecule has 0 aliphatic rings. The standard InChI is InChI=1S/C10H16N6S/c1-3-4-8-10(17-15-14-8)9(13-11)7-5-12-16(2)6-7/h5-6,9,13H,3-4,11H2,1-2H3. The quantitative estimate of drug-likeness (QED) is 0.607. The van der Waals surface area contributed by atoms with E-state index in [0.29, 0.717) is 0 Å². The lowest BCUT2D eigenvalue weighted by molar-refractivity contribution is 0.635. The maximum absolute atomic E-state index is 5.63. The fourth-order valence-electron chi connectivity index (χ4n) is 1.76. The Balaban J connectivity index is 2.31. The predicted octanol–water partition coefficient (Wildman–Crippen LogP) is 0.777. The maximum atomic E-state index is 5.63. The van der Waals surface area contributed by atoms with Crippen LogP contribution in [-0.2, 0) is 13.5 Å². The lowest BCUT2D eigenvalue weighted by atomic mass is 10.1. The molecule has 0 aromatic carbocycles. The minimum absolute atomic E-state index is 0.0785. The first-order valence-electron chi connectivity index (χ1n) is 5.52. The summed E-state index contributed by atoms with van der Waals surface area (Å²) in [6.45, 7) is 2.12. The van der Waals surface area contributed by atoms with E-state index in [0.717, 1.165) is 29.0 Å². The molecule has 2 aromatic heterocycles. The van der Waals surface area contributed by atoms with Crippen molar-refractivity contribution in [1.29, 1.82) is 0 Å². The van der Waals surface area contributed by atoms with E-state index in [4.69, 9.17) is 5.84 Å². The second kappa shape index (κ2) is 5.35. The first-order valence-corrected chi connectivity index (χ1v) is 6.29. The molecule has 0 aliphatic heterocycles. The summed E-state index contributed by atoms with van der Waals surface area (Å²) in [7, 11) is 1.88. The Bertz CT molecular complexity index is 477. The van der Waals surface area contributed by atoms with Gasteiger partial charge in [0.25, 0.3) is 0 Å². The molecule has 1 unspecified atom stereocenters. The van der Waals surface area contributed by atoms with Crippen molar-refractivity contribution in [3.8, 4) is 0 Å². The van der Waals surface area contributed by atoms with Crippen LogP contribution in [0.15, 0.2) is 12.4 Å². The molecule has 0 saturated heterocycles. The van der Waals surface area contributed by atoms with Crippen LogP contribution in [-0.4, -0.2) is 19.4 Å². The molecular formula is C10H16N6S. The summed E-state index contributed by atoms with van der Waals surface area (Å²) in [6, 6.07) is -0.0785. The molecule has 0 amide bonds. The smallest absolute Gasteiger partial charge is 0.0868 e. The van der Waals surface area contributed by atoms with Crippen molar-refractivity contribution in [2.75, 3.05) is 0 Å². The van der Waals surface area contributed by atoms with E-state index in [-0.39, 0.29) is 6.04 Å². The molecule has 0 aliphatic carbocycles. The lowest BCUT2D eigenvalue weighted by Crippen LogP contribution is -2.28. The molecule has 2 rings (SSSR count). The topological polar surface area (TPSA) is 81.7 Å². The van der Waals surface area contributed by atoms with Crippen molar-refractivity contribution in [2.45, 2.75) is 25.8 Å².